The lowest BCUT2D eigenvalue weighted by atomic mass is 9.91. The monoisotopic (exact) mass is 470 g/mol. The number of benzene rings is 2. The Morgan fingerprint density at radius 3 is 2.52 bits per heavy atom. The first-order valence-corrected chi connectivity index (χ1v) is 13.5. The maximum Gasteiger partial charge on any atom is 0.214 e. The zero-order valence-corrected chi connectivity index (χ0v) is 19.7. The van der Waals surface area contributed by atoms with Crippen LogP contribution in [0.3, 0.4) is 0 Å². The highest BCUT2D eigenvalue weighted by Gasteiger charge is 2.30. The van der Waals surface area contributed by atoms with Gasteiger partial charge in [-0.05, 0) is 87.1 Å². The van der Waals surface area contributed by atoms with Crippen LogP contribution in [0.1, 0.15) is 43.7 Å². The fourth-order valence-corrected chi connectivity index (χ4v) is 6.74. The number of nitrogens with one attached hydrogen (secondary N) is 1. The highest BCUT2D eigenvalue weighted by Crippen LogP contribution is 2.34. The molecule has 2 saturated heterocycles. The van der Waals surface area contributed by atoms with Crippen LogP contribution >= 0.6 is 0 Å². The third-order valence-electron chi connectivity index (χ3n) is 7.07. The average molecular weight is 471 g/mol. The number of halogens is 1. The van der Waals surface area contributed by atoms with E-state index in [-0.39, 0.29) is 17.5 Å². The Kier molecular flexibility index (Phi) is 6.49. The average Bonchev–Trinajstić information content (AvgIpc) is 3.48. The second-order valence-electron chi connectivity index (χ2n) is 9.27. The van der Waals surface area contributed by atoms with Crippen LogP contribution in [0.2, 0.25) is 0 Å². The van der Waals surface area contributed by atoms with Gasteiger partial charge in [0.25, 0.3) is 0 Å². The van der Waals surface area contributed by atoms with Crippen LogP contribution in [0, 0.1) is 5.82 Å². The smallest absolute Gasteiger partial charge is 0.214 e. The quantitative estimate of drug-likeness (QED) is 0.557. The number of aromatic nitrogens is 2. The normalized spacial score (nSPS) is 18.9. The van der Waals surface area contributed by atoms with E-state index in [2.05, 4.69) is 21.2 Å². The van der Waals surface area contributed by atoms with Crippen molar-refractivity contribution in [2.24, 2.45) is 0 Å². The second-order valence-corrected chi connectivity index (χ2v) is 11.4. The van der Waals surface area contributed by atoms with Gasteiger partial charge in [0.1, 0.15) is 5.82 Å². The molecule has 2 aliphatic heterocycles. The molecule has 33 heavy (non-hydrogen) atoms. The highest BCUT2D eigenvalue weighted by atomic mass is 32.2. The van der Waals surface area contributed by atoms with Crippen molar-refractivity contribution in [3.8, 4) is 11.1 Å². The number of H-pyrrole nitrogens is 1. The van der Waals surface area contributed by atoms with Gasteiger partial charge in [-0.1, -0.05) is 18.2 Å². The summed E-state index contributed by atoms with van der Waals surface area (Å²) >= 11 is 0. The Morgan fingerprint density at radius 1 is 1.00 bits per heavy atom. The molecular weight excluding hydrogens is 439 g/mol. The Bertz CT molecular complexity index is 1210. The van der Waals surface area contributed by atoms with Crippen LogP contribution < -0.4 is 0 Å². The van der Waals surface area contributed by atoms with Crippen molar-refractivity contribution in [2.75, 3.05) is 38.5 Å². The summed E-state index contributed by atoms with van der Waals surface area (Å²) in [5, 5.41) is 8.68. The van der Waals surface area contributed by atoms with Crippen LogP contribution in [0.4, 0.5) is 4.39 Å². The van der Waals surface area contributed by atoms with E-state index in [1.807, 2.05) is 18.2 Å². The first-order chi connectivity index (χ1) is 16.0. The second kappa shape index (κ2) is 9.52. The molecule has 0 aliphatic carbocycles. The Labute approximate surface area is 194 Å². The van der Waals surface area contributed by atoms with E-state index in [1.54, 1.807) is 10.4 Å². The lowest BCUT2D eigenvalue weighted by molar-refractivity contribution is 0.313. The topological polar surface area (TPSA) is 69.3 Å². The molecule has 8 heteroatoms. The van der Waals surface area contributed by atoms with Crippen molar-refractivity contribution in [2.45, 2.75) is 38.0 Å². The van der Waals surface area contributed by atoms with Crippen molar-refractivity contribution in [1.29, 1.82) is 0 Å². The molecule has 6 nitrogen and oxygen atoms in total. The fourth-order valence-electron chi connectivity index (χ4n) is 5.22. The molecule has 3 heterocycles. The van der Waals surface area contributed by atoms with Crippen LogP contribution in [0.15, 0.2) is 42.5 Å². The van der Waals surface area contributed by atoms with Gasteiger partial charge >= 0.3 is 0 Å². The van der Waals surface area contributed by atoms with Crippen LogP contribution in [-0.4, -0.2) is 66.3 Å². The zero-order chi connectivity index (χ0) is 22.8. The molecule has 0 spiro atoms. The molecule has 176 valence electrons. The van der Waals surface area contributed by atoms with Crippen molar-refractivity contribution >= 4 is 20.9 Å². The summed E-state index contributed by atoms with van der Waals surface area (Å²) in [4.78, 5) is 2.36. The van der Waals surface area contributed by atoms with E-state index in [0.717, 1.165) is 60.2 Å². The number of rotatable bonds is 7. The van der Waals surface area contributed by atoms with E-state index in [9.17, 15) is 12.8 Å². The third-order valence-corrected chi connectivity index (χ3v) is 9.03. The van der Waals surface area contributed by atoms with Crippen LogP contribution in [0.25, 0.3) is 22.0 Å². The molecule has 0 amide bonds. The van der Waals surface area contributed by atoms with E-state index >= 15 is 0 Å². The minimum Gasteiger partial charge on any atom is -0.303 e. The molecule has 0 bridgehead atoms. The van der Waals surface area contributed by atoms with Gasteiger partial charge in [-0.3, -0.25) is 5.10 Å². The maximum atomic E-state index is 13.7. The lowest BCUT2D eigenvalue weighted by Gasteiger charge is -2.31. The summed E-state index contributed by atoms with van der Waals surface area (Å²) in [5.41, 5.74) is 3.71. The molecule has 0 saturated carbocycles. The van der Waals surface area contributed by atoms with Crippen LogP contribution in [0.5, 0.6) is 0 Å². The molecule has 2 fully saturated rings. The number of fused-ring (bicyclic) bond motifs is 1. The fraction of sp³-hybridized carbons (Fsp3) is 0.480. The number of hydrogen-bond acceptors (Lipinski definition) is 4. The minimum absolute atomic E-state index is 0.230. The van der Waals surface area contributed by atoms with E-state index in [4.69, 9.17) is 0 Å². The maximum absolute atomic E-state index is 13.7. The number of aromatic amines is 1. The first-order valence-electron chi connectivity index (χ1n) is 11.9. The molecular formula is C25H31FN4O2S. The summed E-state index contributed by atoms with van der Waals surface area (Å²) in [6.45, 7) is 4.17. The molecule has 1 N–H and O–H groups in total. The number of piperidine rings is 1. The molecule has 3 aromatic rings. The molecule has 5 rings (SSSR count). The third kappa shape index (κ3) is 4.98. The Hall–Kier alpha value is -2.29. The van der Waals surface area contributed by atoms with E-state index < -0.39 is 10.0 Å². The van der Waals surface area contributed by atoms with Crippen LogP contribution in [-0.2, 0) is 10.0 Å². The molecule has 1 aromatic heterocycles. The summed E-state index contributed by atoms with van der Waals surface area (Å²) in [6, 6.07) is 12.6. The summed E-state index contributed by atoms with van der Waals surface area (Å²) in [6.07, 6.45) is 4.70. The SMILES string of the molecule is O=S(=O)(CCCN1CCCC1)N1CCC(c2[nH]nc3ccc(-c4cccc(F)c4)cc23)CC1. The minimum atomic E-state index is -3.21. The number of nitrogens with zero attached hydrogens (tertiary/aromatic N) is 3. The van der Waals surface area contributed by atoms with Gasteiger partial charge < -0.3 is 4.90 Å². The largest absolute Gasteiger partial charge is 0.303 e. The van der Waals surface area contributed by atoms with Crippen molar-refractivity contribution in [1.82, 2.24) is 19.4 Å². The Morgan fingerprint density at radius 2 is 1.76 bits per heavy atom. The van der Waals surface area contributed by atoms with E-state index in [1.165, 1.54) is 25.0 Å². The molecule has 2 aliphatic rings. The van der Waals surface area contributed by atoms with Gasteiger partial charge in [-0.2, -0.15) is 5.10 Å². The number of sulfonamides is 1. The van der Waals surface area contributed by atoms with Gasteiger partial charge in [-0.25, -0.2) is 17.1 Å². The number of hydrogen-bond donors (Lipinski definition) is 1. The van der Waals surface area contributed by atoms with Gasteiger partial charge in [-0.15, -0.1) is 0 Å². The standard InChI is InChI=1S/C25H31FN4O2S/c26-22-6-3-5-20(17-22)21-7-8-24-23(18-21)25(28-27-24)19-9-14-30(15-10-19)33(31,32)16-4-13-29-11-1-2-12-29/h3,5-8,17-19H,1-2,4,9-16H2,(H,27,28). The number of likely N-dealkylation sites (tertiary alicyclic amines) is 1. The van der Waals surface area contributed by atoms with Gasteiger partial charge in [0.05, 0.1) is 11.3 Å². The lowest BCUT2D eigenvalue weighted by Crippen LogP contribution is -2.39. The van der Waals surface area contributed by atoms with Gasteiger partial charge in [0.2, 0.25) is 10.0 Å². The van der Waals surface area contributed by atoms with Crippen molar-refractivity contribution in [3.05, 3.63) is 54.0 Å². The Balaban J connectivity index is 1.25. The predicted molar refractivity (Wildman–Crippen MR) is 129 cm³/mol. The van der Waals surface area contributed by atoms with Crippen molar-refractivity contribution in [3.63, 3.8) is 0 Å². The summed E-state index contributed by atoms with van der Waals surface area (Å²) < 4.78 is 41.1. The van der Waals surface area contributed by atoms with Gasteiger partial charge in [0, 0.05) is 30.1 Å². The highest BCUT2D eigenvalue weighted by molar-refractivity contribution is 7.89. The van der Waals surface area contributed by atoms with Crippen molar-refractivity contribution < 1.29 is 12.8 Å². The molecule has 0 radical (unpaired) electrons. The molecule has 2 aromatic carbocycles. The van der Waals surface area contributed by atoms with Gasteiger partial charge in [0.15, 0.2) is 0 Å². The predicted octanol–water partition coefficient (Wildman–Crippen LogP) is 4.36. The zero-order valence-electron chi connectivity index (χ0n) is 18.8. The molecule has 0 atom stereocenters. The summed E-state index contributed by atoms with van der Waals surface area (Å²) in [7, 11) is -3.21. The van der Waals surface area contributed by atoms with E-state index in [0.29, 0.717) is 19.5 Å². The first kappa shape index (κ1) is 22.5. The molecule has 0 unspecified atom stereocenters. The summed E-state index contributed by atoms with van der Waals surface area (Å²) in [5.74, 6) is 0.209.